The summed E-state index contributed by atoms with van der Waals surface area (Å²) in [5, 5.41) is 2.77. The van der Waals surface area contributed by atoms with Crippen LogP contribution in [0.15, 0.2) is 48.5 Å². The van der Waals surface area contributed by atoms with Crippen molar-refractivity contribution in [3.05, 3.63) is 65.5 Å². The van der Waals surface area contributed by atoms with Gasteiger partial charge in [0.15, 0.2) is 0 Å². The first-order valence-electron chi connectivity index (χ1n) is 9.26. The van der Waals surface area contributed by atoms with Gasteiger partial charge in [0, 0.05) is 44.5 Å². The zero-order valence-electron chi connectivity index (χ0n) is 15.9. The summed E-state index contributed by atoms with van der Waals surface area (Å²) in [4.78, 5) is 28.4. The molecule has 0 saturated carbocycles. The van der Waals surface area contributed by atoms with Gasteiger partial charge in [0.1, 0.15) is 5.82 Å². The molecule has 2 aromatic rings. The molecule has 7 heteroatoms. The van der Waals surface area contributed by atoms with Gasteiger partial charge in [0.2, 0.25) is 0 Å². The molecule has 1 N–H and O–H groups in total. The molecular formula is C21H24FN3O3. The number of ether oxygens (including phenoxy) is 1. The molecule has 0 bridgehead atoms. The quantitative estimate of drug-likeness (QED) is 0.746. The van der Waals surface area contributed by atoms with Crippen LogP contribution in [0.1, 0.15) is 22.3 Å². The van der Waals surface area contributed by atoms with Gasteiger partial charge >= 0.3 is 6.03 Å². The zero-order chi connectivity index (χ0) is 19.9. The van der Waals surface area contributed by atoms with Crippen LogP contribution in [-0.2, 0) is 11.3 Å². The minimum Gasteiger partial charge on any atom is -0.383 e. The van der Waals surface area contributed by atoms with Crippen molar-refractivity contribution in [2.75, 3.05) is 38.3 Å². The molecule has 0 radical (unpaired) electrons. The lowest BCUT2D eigenvalue weighted by Gasteiger charge is -2.35. The van der Waals surface area contributed by atoms with E-state index in [1.165, 1.54) is 12.1 Å². The molecule has 0 spiro atoms. The number of hydrogen-bond donors (Lipinski definition) is 1. The van der Waals surface area contributed by atoms with E-state index in [1.54, 1.807) is 53.3 Å². The van der Waals surface area contributed by atoms with Crippen molar-refractivity contribution in [3.63, 3.8) is 0 Å². The van der Waals surface area contributed by atoms with E-state index >= 15 is 0 Å². The average molecular weight is 385 g/mol. The fourth-order valence-electron chi connectivity index (χ4n) is 3.14. The van der Waals surface area contributed by atoms with Gasteiger partial charge in [0.05, 0.1) is 6.61 Å². The predicted molar refractivity (Wildman–Crippen MR) is 105 cm³/mol. The Balaban J connectivity index is 1.64. The van der Waals surface area contributed by atoms with Crippen molar-refractivity contribution in [2.45, 2.75) is 13.0 Å². The summed E-state index contributed by atoms with van der Waals surface area (Å²) >= 11 is 0. The maximum Gasteiger partial charge on any atom is 0.324 e. The second-order valence-electron chi connectivity index (χ2n) is 6.63. The van der Waals surface area contributed by atoms with Crippen LogP contribution < -0.4 is 10.2 Å². The van der Waals surface area contributed by atoms with E-state index in [1.807, 2.05) is 0 Å². The third kappa shape index (κ3) is 4.86. The van der Waals surface area contributed by atoms with Crippen molar-refractivity contribution >= 4 is 17.6 Å². The molecule has 1 saturated heterocycles. The molecule has 2 aromatic carbocycles. The van der Waals surface area contributed by atoms with Crippen molar-refractivity contribution in [1.29, 1.82) is 0 Å². The SMILES string of the molecule is COCCNC(=O)c1ccc(N2CCCN(Cc3ccc(F)cc3)C2=O)cc1. The van der Waals surface area contributed by atoms with Gasteiger partial charge in [-0.2, -0.15) is 0 Å². The molecule has 0 atom stereocenters. The maximum atomic E-state index is 13.1. The second kappa shape index (κ2) is 9.32. The third-order valence-corrected chi connectivity index (χ3v) is 4.63. The Kier molecular flexibility index (Phi) is 6.60. The average Bonchev–Trinajstić information content (AvgIpc) is 2.71. The Morgan fingerprint density at radius 2 is 1.82 bits per heavy atom. The van der Waals surface area contributed by atoms with Gasteiger partial charge in [0.25, 0.3) is 5.91 Å². The number of anilines is 1. The molecule has 6 nitrogen and oxygen atoms in total. The summed E-state index contributed by atoms with van der Waals surface area (Å²) in [6.45, 7) is 2.62. The Labute approximate surface area is 163 Å². The summed E-state index contributed by atoms with van der Waals surface area (Å²) in [7, 11) is 1.58. The second-order valence-corrected chi connectivity index (χ2v) is 6.63. The highest BCUT2D eigenvalue weighted by Gasteiger charge is 2.26. The van der Waals surface area contributed by atoms with Crippen LogP contribution in [0.25, 0.3) is 0 Å². The van der Waals surface area contributed by atoms with Crippen LogP contribution in [-0.4, -0.2) is 50.2 Å². The summed E-state index contributed by atoms with van der Waals surface area (Å²) < 4.78 is 18.0. The molecule has 1 aliphatic rings. The van der Waals surface area contributed by atoms with E-state index in [0.717, 1.165) is 17.7 Å². The third-order valence-electron chi connectivity index (χ3n) is 4.63. The first kappa shape index (κ1) is 19.8. The zero-order valence-corrected chi connectivity index (χ0v) is 15.9. The maximum absolute atomic E-state index is 13.1. The largest absolute Gasteiger partial charge is 0.383 e. The standard InChI is InChI=1S/C21H24FN3O3/c1-28-14-11-23-20(26)17-5-9-19(10-6-17)25-13-2-12-24(21(25)27)15-16-3-7-18(22)8-4-16/h3-10H,2,11-15H2,1H3,(H,23,26). The molecule has 1 heterocycles. The van der Waals surface area contributed by atoms with Crippen molar-refractivity contribution < 1.29 is 18.7 Å². The lowest BCUT2D eigenvalue weighted by molar-refractivity contribution is 0.0937. The van der Waals surface area contributed by atoms with E-state index in [2.05, 4.69) is 5.32 Å². The number of benzene rings is 2. The Morgan fingerprint density at radius 3 is 2.50 bits per heavy atom. The topological polar surface area (TPSA) is 61.9 Å². The van der Waals surface area contributed by atoms with Gasteiger partial charge in [-0.25, -0.2) is 9.18 Å². The van der Waals surface area contributed by atoms with E-state index in [0.29, 0.717) is 38.3 Å². The summed E-state index contributed by atoms with van der Waals surface area (Å²) in [5.74, 6) is -0.465. The number of urea groups is 1. The Bertz CT molecular complexity index is 809. The van der Waals surface area contributed by atoms with E-state index < -0.39 is 0 Å². The number of carbonyl (C=O) groups is 2. The van der Waals surface area contributed by atoms with Crippen molar-refractivity contribution in [2.24, 2.45) is 0 Å². The number of rotatable bonds is 7. The molecule has 3 rings (SSSR count). The van der Waals surface area contributed by atoms with Crippen LogP contribution in [0, 0.1) is 5.82 Å². The Morgan fingerprint density at radius 1 is 1.11 bits per heavy atom. The fraction of sp³-hybridized carbons (Fsp3) is 0.333. The van der Waals surface area contributed by atoms with Gasteiger partial charge in [-0.05, 0) is 48.4 Å². The predicted octanol–water partition coefficient (Wildman–Crippen LogP) is 3.03. The van der Waals surface area contributed by atoms with Crippen molar-refractivity contribution in [1.82, 2.24) is 10.2 Å². The van der Waals surface area contributed by atoms with Crippen LogP contribution >= 0.6 is 0 Å². The smallest absolute Gasteiger partial charge is 0.324 e. The number of carbonyl (C=O) groups excluding carboxylic acids is 2. The molecule has 0 unspecified atom stereocenters. The number of methoxy groups -OCH3 is 1. The summed E-state index contributed by atoms with van der Waals surface area (Å²) in [6.07, 6.45) is 0.839. The van der Waals surface area contributed by atoms with Gasteiger partial charge < -0.3 is 15.0 Å². The molecule has 28 heavy (non-hydrogen) atoms. The fourth-order valence-corrected chi connectivity index (χ4v) is 3.14. The highest BCUT2D eigenvalue weighted by Crippen LogP contribution is 2.22. The molecule has 0 aromatic heterocycles. The van der Waals surface area contributed by atoms with Crippen LogP contribution in [0.4, 0.5) is 14.9 Å². The minimum atomic E-state index is -0.290. The molecule has 0 aliphatic carbocycles. The van der Waals surface area contributed by atoms with Crippen molar-refractivity contribution in [3.8, 4) is 0 Å². The molecular weight excluding hydrogens is 361 g/mol. The van der Waals surface area contributed by atoms with Gasteiger partial charge in [-0.1, -0.05) is 12.1 Å². The van der Waals surface area contributed by atoms with Gasteiger partial charge in [-0.3, -0.25) is 9.69 Å². The summed E-state index contributed by atoms with van der Waals surface area (Å²) in [6, 6.07) is 13.1. The Hall–Kier alpha value is -2.93. The number of nitrogens with zero attached hydrogens (tertiary/aromatic N) is 2. The number of amides is 3. The number of nitrogens with one attached hydrogen (secondary N) is 1. The monoisotopic (exact) mass is 385 g/mol. The van der Waals surface area contributed by atoms with Crippen LogP contribution in [0.2, 0.25) is 0 Å². The van der Waals surface area contributed by atoms with Crippen LogP contribution in [0.5, 0.6) is 0 Å². The highest BCUT2D eigenvalue weighted by molar-refractivity contribution is 5.96. The molecule has 1 aliphatic heterocycles. The molecule has 1 fully saturated rings. The molecule has 148 valence electrons. The molecule has 3 amide bonds. The lowest BCUT2D eigenvalue weighted by Crippen LogP contribution is -2.49. The van der Waals surface area contributed by atoms with Gasteiger partial charge in [-0.15, -0.1) is 0 Å². The van der Waals surface area contributed by atoms with E-state index in [9.17, 15) is 14.0 Å². The first-order chi connectivity index (χ1) is 13.6. The lowest BCUT2D eigenvalue weighted by atomic mass is 10.1. The normalized spacial score (nSPS) is 14.3. The highest BCUT2D eigenvalue weighted by atomic mass is 19.1. The summed E-state index contributed by atoms with van der Waals surface area (Å²) in [5.41, 5.74) is 2.18. The number of hydrogen-bond acceptors (Lipinski definition) is 3. The first-order valence-corrected chi connectivity index (χ1v) is 9.26. The van der Waals surface area contributed by atoms with Crippen LogP contribution in [0.3, 0.4) is 0 Å². The minimum absolute atomic E-state index is 0.0899. The van der Waals surface area contributed by atoms with E-state index in [-0.39, 0.29) is 17.8 Å². The van der Waals surface area contributed by atoms with E-state index in [4.69, 9.17) is 4.74 Å². The number of halogens is 1.